The molecule has 0 aliphatic carbocycles. The molecule has 2 N–H and O–H groups in total. The van der Waals surface area contributed by atoms with Crippen molar-refractivity contribution >= 4 is 5.91 Å². The zero-order chi connectivity index (χ0) is 18.4. The van der Waals surface area contributed by atoms with Gasteiger partial charge < -0.3 is 5.32 Å². The Morgan fingerprint density at radius 1 is 1.12 bits per heavy atom. The Bertz CT molecular complexity index is 712. The Labute approximate surface area is 149 Å². The standard InChI is InChI=1S/C21H27FN2O/c1-14-5-7-17(8-6-14)9-12-20(24-16(3)21(25)23-4)18-10-11-19(22)15(2)13-18/h5-8,10-11,13,16,20,24H,9,12H2,1-4H3,(H,23,25)/t16-,20+/m0/s1. The van der Waals surface area contributed by atoms with Crippen LogP contribution in [-0.4, -0.2) is 19.0 Å². The van der Waals surface area contributed by atoms with Crippen LogP contribution in [0.4, 0.5) is 4.39 Å². The highest BCUT2D eigenvalue weighted by Gasteiger charge is 2.19. The summed E-state index contributed by atoms with van der Waals surface area (Å²) in [6, 6.07) is 13.3. The quantitative estimate of drug-likeness (QED) is 0.803. The molecule has 0 spiro atoms. The van der Waals surface area contributed by atoms with Crippen LogP contribution in [0.3, 0.4) is 0 Å². The van der Waals surface area contributed by atoms with E-state index < -0.39 is 0 Å². The molecular formula is C21H27FN2O. The van der Waals surface area contributed by atoms with Gasteiger partial charge in [-0.3, -0.25) is 10.1 Å². The van der Waals surface area contributed by atoms with E-state index in [-0.39, 0.29) is 23.8 Å². The Morgan fingerprint density at radius 3 is 2.40 bits per heavy atom. The lowest BCUT2D eigenvalue weighted by atomic mass is 9.96. The molecule has 0 aliphatic heterocycles. The van der Waals surface area contributed by atoms with Crippen molar-refractivity contribution in [2.45, 2.75) is 45.7 Å². The van der Waals surface area contributed by atoms with Gasteiger partial charge in [-0.25, -0.2) is 4.39 Å². The maximum atomic E-state index is 13.6. The zero-order valence-electron chi connectivity index (χ0n) is 15.4. The van der Waals surface area contributed by atoms with Crippen molar-refractivity contribution in [1.29, 1.82) is 0 Å². The maximum Gasteiger partial charge on any atom is 0.236 e. The molecular weight excluding hydrogens is 315 g/mol. The Morgan fingerprint density at radius 2 is 1.80 bits per heavy atom. The van der Waals surface area contributed by atoms with E-state index in [0.29, 0.717) is 5.56 Å². The molecule has 0 radical (unpaired) electrons. The van der Waals surface area contributed by atoms with Gasteiger partial charge in [-0.15, -0.1) is 0 Å². The number of amides is 1. The average molecular weight is 342 g/mol. The summed E-state index contributed by atoms with van der Waals surface area (Å²) in [6.07, 6.45) is 1.71. The molecule has 2 aromatic rings. The van der Waals surface area contributed by atoms with Gasteiger partial charge in [0.2, 0.25) is 5.91 Å². The van der Waals surface area contributed by atoms with E-state index in [2.05, 4.69) is 41.8 Å². The lowest BCUT2D eigenvalue weighted by Gasteiger charge is -2.23. The maximum absolute atomic E-state index is 13.6. The van der Waals surface area contributed by atoms with E-state index >= 15 is 0 Å². The normalized spacial score (nSPS) is 13.3. The van der Waals surface area contributed by atoms with Gasteiger partial charge in [0.15, 0.2) is 0 Å². The first-order chi connectivity index (χ1) is 11.9. The second-order valence-electron chi connectivity index (χ2n) is 6.59. The monoisotopic (exact) mass is 342 g/mol. The number of nitrogens with one attached hydrogen (secondary N) is 2. The van der Waals surface area contributed by atoms with Crippen LogP contribution in [0.15, 0.2) is 42.5 Å². The lowest BCUT2D eigenvalue weighted by Crippen LogP contribution is -2.42. The van der Waals surface area contributed by atoms with Gasteiger partial charge in [-0.2, -0.15) is 0 Å². The van der Waals surface area contributed by atoms with Gasteiger partial charge in [0.05, 0.1) is 6.04 Å². The van der Waals surface area contributed by atoms with E-state index in [9.17, 15) is 9.18 Å². The summed E-state index contributed by atoms with van der Waals surface area (Å²) >= 11 is 0. The van der Waals surface area contributed by atoms with Crippen LogP contribution in [0.5, 0.6) is 0 Å². The minimum Gasteiger partial charge on any atom is -0.358 e. The number of aryl methyl sites for hydroxylation is 3. The summed E-state index contributed by atoms with van der Waals surface area (Å²) in [7, 11) is 1.63. The van der Waals surface area contributed by atoms with Crippen LogP contribution >= 0.6 is 0 Å². The van der Waals surface area contributed by atoms with Gasteiger partial charge in [0.25, 0.3) is 0 Å². The first kappa shape index (κ1) is 19.1. The minimum absolute atomic E-state index is 0.0205. The van der Waals surface area contributed by atoms with Gasteiger partial charge >= 0.3 is 0 Å². The second-order valence-corrected chi connectivity index (χ2v) is 6.59. The van der Waals surface area contributed by atoms with Crippen LogP contribution in [0.25, 0.3) is 0 Å². The predicted octanol–water partition coefficient (Wildman–Crippen LogP) is 3.84. The lowest BCUT2D eigenvalue weighted by molar-refractivity contribution is -0.122. The first-order valence-corrected chi connectivity index (χ1v) is 8.70. The van der Waals surface area contributed by atoms with E-state index in [1.54, 1.807) is 20.0 Å². The topological polar surface area (TPSA) is 41.1 Å². The number of halogens is 1. The third-order valence-electron chi connectivity index (χ3n) is 4.52. The van der Waals surface area contributed by atoms with Crippen LogP contribution in [0, 0.1) is 19.7 Å². The number of rotatable bonds is 7. The molecule has 1 amide bonds. The summed E-state index contributed by atoms with van der Waals surface area (Å²) in [4.78, 5) is 11.9. The number of carbonyl (C=O) groups is 1. The van der Waals surface area contributed by atoms with Crippen LogP contribution in [0.2, 0.25) is 0 Å². The number of benzene rings is 2. The third-order valence-corrected chi connectivity index (χ3v) is 4.52. The Balaban J connectivity index is 2.16. The zero-order valence-corrected chi connectivity index (χ0v) is 15.4. The summed E-state index contributed by atoms with van der Waals surface area (Å²) in [5, 5.41) is 6.04. The molecule has 0 unspecified atom stereocenters. The molecule has 2 rings (SSSR count). The fraction of sp³-hybridized carbons (Fsp3) is 0.381. The van der Waals surface area contributed by atoms with Crippen molar-refractivity contribution in [3.8, 4) is 0 Å². The van der Waals surface area contributed by atoms with Crippen molar-refractivity contribution in [2.24, 2.45) is 0 Å². The second kappa shape index (κ2) is 8.77. The highest BCUT2D eigenvalue weighted by molar-refractivity contribution is 5.81. The molecule has 134 valence electrons. The number of likely N-dealkylation sites (N-methyl/N-ethyl adjacent to an activating group) is 1. The van der Waals surface area contributed by atoms with Gasteiger partial charge in [0.1, 0.15) is 5.82 Å². The molecule has 3 nitrogen and oxygen atoms in total. The molecule has 0 aliphatic rings. The molecule has 0 saturated heterocycles. The summed E-state index contributed by atoms with van der Waals surface area (Å²) < 4.78 is 13.6. The van der Waals surface area contributed by atoms with E-state index in [0.717, 1.165) is 18.4 Å². The molecule has 0 saturated carbocycles. The molecule has 0 fully saturated rings. The van der Waals surface area contributed by atoms with Crippen molar-refractivity contribution < 1.29 is 9.18 Å². The molecule has 0 bridgehead atoms. The van der Waals surface area contributed by atoms with Crippen molar-refractivity contribution in [1.82, 2.24) is 10.6 Å². The minimum atomic E-state index is -0.321. The average Bonchev–Trinajstić information content (AvgIpc) is 2.61. The fourth-order valence-corrected chi connectivity index (χ4v) is 2.89. The highest BCUT2D eigenvalue weighted by Crippen LogP contribution is 2.22. The summed E-state index contributed by atoms with van der Waals surface area (Å²) in [5.74, 6) is -0.264. The van der Waals surface area contributed by atoms with Gasteiger partial charge in [0, 0.05) is 13.1 Å². The molecule has 25 heavy (non-hydrogen) atoms. The Kier molecular flexibility index (Phi) is 6.71. The number of hydrogen-bond donors (Lipinski definition) is 2. The predicted molar refractivity (Wildman–Crippen MR) is 100 cm³/mol. The van der Waals surface area contributed by atoms with Crippen LogP contribution in [0.1, 0.15) is 41.6 Å². The Hall–Kier alpha value is -2.20. The van der Waals surface area contributed by atoms with Crippen molar-refractivity contribution in [3.63, 3.8) is 0 Å². The molecule has 0 aromatic heterocycles. The van der Waals surface area contributed by atoms with Gasteiger partial charge in [-0.1, -0.05) is 42.0 Å². The fourth-order valence-electron chi connectivity index (χ4n) is 2.89. The molecule has 4 heteroatoms. The smallest absolute Gasteiger partial charge is 0.236 e. The molecule has 2 aromatic carbocycles. The van der Waals surface area contributed by atoms with Gasteiger partial charge in [-0.05, 0) is 56.4 Å². The van der Waals surface area contributed by atoms with E-state index in [1.165, 1.54) is 17.2 Å². The summed E-state index contributed by atoms with van der Waals surface area (Å²) in [6.45, 7) is 5.67. The largest absolute Gasteiger partial charge is 0.358 e. The van der Waals surface area contributed by atoms with E-state index in [1.807, 2.05) is 13.0 Å². The third kappa shape index (κ3) is 5.40. The first-order valence-electron chi connectivity index (χ1n) is 8.70. The SMILES string of the molecule is CNC(=O)[C@H](C)N[C@H](CCc1ccc(C)cc1)c1ccc(F)c(C)c1. The van der Waals surface area contributed by atoms with Crippen molar-refractivity contribution in [3.05, 3.63) is 70.5 Å². The highest BCUT2D eigenvalue weighted by atomic mass is 19.1. The summed E-state index contributed by atoms with van der Waals surface area (Å²) in [5.41, 5.74) is 4.11. The van der Waals surface area contributed by atoms with E-state index in [4.69, 9.17) is 0 Å². The number of hydrogen-bond acceptors (Lipinski definition) is 2. The van der Waals surface area contributed by atoms with Crippen molar-refractivity contribution in [2.75, 3.05) is 7.05 Å². The number of carbonyl (C=O) groups excluding carboxylic acids is 1. The molecule has 2 atom stereocenters. The van der Waals surface area contributed by atoms with Crippen LogP contribution in [-0.2, 0) is 11.2 Å². The molecule has 0 heterocycles. The van der Waals surface area contributed by atoms with Crippen LogP contribution < -0.4 is 10.6 Å².